The molecule has 5 heteroatoms. The van der Waals surface area contributed by atoms with Crippen LogP contribution in [0.5, 0.6) is 11.5 Å². The van der Waals surface area contributed by atoms with E-state index in [0.29, 0.717) is 21.5 Å². The fourth-order valence-electron chi connectivity index (χ4n) is 1.80. The van der Waals surface area contributed by atoms with Crippen molar-refractivity contribution in [2.24, 2.45) is 0 Å². The van der Waals surface area contributed by atoms with Gasteiger partial charge in [0.15, 0.2) is 6.10 Å². The maximum absolute atomic E-state index is 12.0. The fraction of sp³-hybridized carbons (Fsp3) is 0.235. The van der Waals surface area contributed by atoms with Crippen LogP contribution in [0.2, 0.25) is 10.0 Å². The molecule has 2 aromatic rings. The van der Waals surface area contributed by atoms with Gasteiger partial charge in [-0.15, -0.1) is 0 Å². The van der Waals surface area contributed by atoms with Gasteiger partial charge in [0.25, 0.3) is 0 Å². The molecule has 22 heavy (non-hydrogen) atoms. The normalized spacial score (nSPS) is 11.8. The first-order valence-corrected chi connectivity index (χ1v) is 7.67. The van der Waals surface area contributed by atoms with Gasteiger partial charge in [-0.2, -0.15) is 0 Å². The number of carbonyl (C=O) groups excluding carboxylic acids is 1. The quantitative estimate of drug-likeness (QED) is 0.572. The fourth-order valence-corrected chi connectivity index (χ4v) is 2.25. The monoisotopic (exact) mass is 338 g/mol. The minimum Gasteiger partial charge on any atom is -0.477 e. The maximum atomic E-state index is 12.0. The third kappa shape index (κ3) is 4.39. The van der Waals surface area contributed by atoms with Crippen LogP contribution in [0.15, 0.2) is 42.5 Å². The van der Waals surface area contributed by atoms with Crippen LogP contribution in [0.3, 0.4) is 0 Å². The Bertz CT molecular complexity index is 653. The van der Waals surface area contributed by atoms with Crippen molar-refractivity contribution in [3.63, 3.8) is 0 Å². The summed E-state index contributed by atoms with van der Waals surface area (Å²) < 4.78 is 10.8. The van der Waals surface area contributed by atoms with E-state index in [1.807, 2.05) is 12.1 Å². The second kappa shape index (κ2) is 7.52. The van der Waals surface area contributed by atoms with Gasteiger partial charge in [0.1, 0.15) is 11.5 Å². The maximum Gasteiger partial charge on any atom is 0.352 e. The Morgan fingerprint density at radius 2 is 1.82 bits per heavy atom. The number of aryl methyl sites for hydroxylation is 1. The SMILES string of the molecule is CCc1ccc(OC(=O)[C@H](C)Oc2ccc(Cl)cc2Cl)cc1. The van der Waals surface area contributed by atoms with E-state index in [1.54, 1.807) is 37.3 Å². The summed E-state index contributed by atoms with van der Waals surface area (Å²) in [6.07, 6.45) is 0.146. The highest BCUT2D eigenvalue weighted by Crippen LogP contribution is 2.28. The molecule has 0 N–H and O–H groups in total. The molecule has 2 rings (SSSR count). The van der Waals surface area contributed by atoms with Crippen LogP contribution in [0, 0.1) is 0 Å². The van der Waals surface area contributed by atoms with Gasteiger partial charge in [0.2, 0.25) is 0 Å². The molecule has 0 fully saturated rings. The lowest BCUT2D eigenvalue weighted by molar-refractivity contribution is -0.141. The molecule has 0 radical (unpaired) electrons. The van der Waals surface area contributed by atoms with Crippen LogP contribution in [-0.2, 0) is 11.2 Å². The molecule has 0 saturated heterocycles. The summed E-state index contributed by atoms with van der Waals surface area (Å²) in [7, 11) is 0. The number of esters is 1. The minimum atomic E-state index is -0.787. The average molecular weight is 339 g/mol. The van der Waals surface area contributed by atoms with Crippen molar-refractivity contribution < 1.29 is 14.3 Å². The summed E-state index contributed by atoms with van der Waals surface area (Å²) in [6.45, 7) is 3.67. The number of benzene rings is 2. The van der Waals surface area contributed by atoms with Crippen LogP contribution >= 0.6 is 23.2 Å². The van der Waals surface area contributed by atoms with Crippen molar-refractivity contribution in [1.82, 2.24) is 0 Å². The molecule has 0 aromatic heterocycles. The van der Waals surface area contributed by atoms with Gasteiger partial charge in [-0.3, -0.25) is 0 Å². The van der Waals surface area contributed by atoms with Gasteiger partial charge < -0.3 is 9.47 Å². The Balaban J connectivity index is 1.99. The van der Waals surface area contributed by atoms with Crippen molar-refractivity contribution in [3.8, 4) is 11.5 Å². The highest BCUT2D eigenvalue weighted by atomic mass is 35.5. The molecule has 0 unspecified atom stereocenters. The van der Waals surface area contributed by atoms with Gasteiger partial charge in [-0.25, -0.2) is 4.79 Å². The molecule has 0 aliphatic heterocycles. The zero-order chi connectivity index (χ0) is 16.1. The van der Waals surface area contributed by atoms with E-state index in [-0.39, 0.29) is 0 Å². The standard InChI is InChI=1S/C17H16Cl2O3/c1-3-12-4-7-14(8-5-12)22-17(20)11(2)21-16-9-6-13(18)10-15(16)19/h4-11H,3H2,1-2H3/t11-/m0/s1. The number of halogens is 2. The molecule has 0 heterocycles. The Kier molecular flexibility index (Phi) is 5.69. The smallest absolute Gasteiger partial charge is 0.352 e. The zero-order valence-electron chi connectivity index (χ0n) is 12.3. The van der Waals surface area contributed by atoms with Crippen molar-refractivity contribution in [2.45, 2.75) is 26.4 Å². The average Bonchev–Trinajstić information content (AvgIpc) is 2.50. The van der Waals surface area contributed by atoms with Gasteiger partial charge in [-0.05, 0) is 49.2 Å². The number of hydrogen-bond donors (Lipinski definition) is 0. The van der Waals surface area contributed by atoms with Gasteiger partial charge in [-0.1, -0.05) is 42.3 Å². The molecule has 0 amide bonds. The van der Waals surface area contributed by atoms with E-state index in [2.05, 4.69) is 6.92 Å². The molecule has 0 aliphatic carbocycles. The second-order valence-corrected chi connectivity index (χ2v) is 5.60. The lowest BCUT2D eigenvalue weighted by Crippen LogP contribution is -2.28. The molecule has 0 saturated carbocycles. The number of rotatable bonds is 5. The summed E-state index contributed by atoms with van der Waals surface area (Å²) in [6, 6.07) is 12.2. The van der Waals surface area contributed by atoms with Gasteiger partial charge >= 0.3 is 5.97 Å². The predicted octanol–water partition coefficient (Wildman–Crippen LogP) is 4.93. The summed E-state index contributed by atoms with van der Waals surface area (Å²) in [5.74, 6) is 0.381. The topological polar surface area (TPSA) is 35.5 Å². The Labute approximate surface area is 139 Å². The molecular weight excluding hydrogens is 323 g/mol. The Morgan fingerprint density at radius 1 is 1.14 bits per heavy atom. The van der Waals surface area contributed by atoms with Gasteiger partial charge in [0, 0.05) is 5.02 Å². The van der Waals surface area contributed by atoms with E-state index in [4.69, 9.17) is 32.7 Å². The summed E-state index contributed by atoms with van der Waals surface area (Å²) >= 11 is 11.8. The van der Waals surface area contributed by atoms with Crippen molar-refractivity contribution >= 4 is 29.2 Å². The largest absolute Gasteiger partial charge is 0.477 e. The Morgan fingerprint density at radius 3 is 2.41 bits per heavy atom. The third-order valence-corrected chi connectivity index (χ3v) is 3.61. The highest BCUT2D eigenvalue weighted by Gasteiger charge is 2.18. The Hall–Kier alpha value is -1.71. The molecule has 0 bridgehead atoms. The first kappa shape index (κ1) is 16.7. The third-order valence-electron chi connectivity index (χ3n) is 3.08. The highest BCUT2D eigenvalue weighted by molar-refractivity contribution is 6.35. The number of hydrogen-bond acceptors (Lipinski definition) is 3. The lowest BCUT2D eigenvalue weighted by atomic mass is 10.2. The number of carbonyl (C=O) groups is 1. The molecule has 116 valence electrons. The summed E-state index contributed by atoms with van der Waals surface area (Å²) in [4.78, 5) is 12.0. The van der Waals surface area contributed by atoms with Crippen LogP contribution in [0.4, 0.5) is 0 Å². The molecule has 1 atom stereocenters. The van der Waals surface area contributed by atoms with Crippen LogP contribution in [0.1, 0.15) is 19.4 Å². The van der Waals surface area contributed by atoms with Crippen molar-refractivity contribution in [1.29, 1.82) is 0 Å². The molecule has 3 nitrogen and oxygen atoms in total. The molecular formula is C17H16Cl2O3. The minimum absolute atomic E-state index is 0.347. The van der Waals surface area contributed by atoms with E-state index in [0.717, 1.165) is 6.42 Å². The van der Waals surface area contributed by atoms with Crippen molar-refractivity contribution in [2.75, 3.05) is 0 Å². The number of ether oxygens (including phenoxy) is 2. The lowest BCUT2D eigenvalue weighted by Gasteiger charge is -2.15. The van der Waals surface area contributed by atoms with E-state index in [9.17, 15) is 4.79 Å². The first-order valence-electron chi connectivity index (χ1n) is 6.92. The predicted molar refractivity (Wildman–Crippen MR) is 88.0 cm³/mol. The molecule has 2 aromatic carbocycles. The molecule has 0 aliphatic rings. The van der Waals surface area contributed by atoms with Crippen LogP contribution in [-0.4, -0.2) is 12.1 Å². The molecule has 0 spiro atoms. The van der Waals surface area contributed by atoms with E-state index in [1.165, 1.54) is 5.56 Å². The van der Waals surface area contributed by atoms with E-state index < -0.39 is 12.1 Å². The van der Waals surface area contributed by atoms with E-state index >= 15 is 0 Å². The summed E-state index contributed by atoms with van der Waals surface area (Å²) in [5.41, 5.74) is 1.18. The van der Waals surface area contributed by atoms with Crippen molar-refractivity contribution in [3.05, 3.63) is 58.1 Å². The van der Waals surface area contributed by atoms with Crippen LogP contribution < -0.4 is 9.47 Å². The van der Waals surface area contributed by atoms with Gasteiger partial charge in [0.05, 0.1) is 5.02 Å². The first-order chi connectivity index (χ1) is 10.5. The zero-order valence-corrected chi connectivity index (χ0v) is 13.8. The summed E-state index contributed by atoms with van der Waals surface area (Å²) in [5, 5.41) is 0.850. The second-order valence-electron chi connectivity index (χ2n) is 4.75. The van der Waals surface area contributed by atoms with Crippen LogP contribution in [0.25, 0.3) is 0 Å².